The first-order valence-corrected chi connectivity index (χ1v) is 11.0. The van der Waals surface area contributed by atoms with E-state index in [0.717, 1.165) is 5.56 Å². The number of unbranched alkanes of at least 4 members (excludes halogenated alkanes) is 3. The second-order valence-electron chi connectivity index (χ2n) is 8.26. The van der Waals surface area contributed by atoms with Crippen molar-refractivity contribution in [2.45, 2.75) is 69.9 Å². The van der Waals surface area contributed by atoms with Crippen molar-refractivity contribution < 1.29 is 28.6 Å². The maximum absolute atomic E-state index is 14.0. The molecule has 1 aliphatic heterocycles. The van der Waals surface area contributed by atoms with E-state index in [1.807, 2.05) is 37.3 Å². The summed E-state index contributed by atoms with van der Waals surface area (Å²) >= 11 is 0. The SMILES string of the molecule is C[C@@H](CC#Cc1ccccc1)[C@H](O)/C=C/[C@H]1CC(F)(F)C(=O)N1CCCCCCC(=O)O. The van der Waals surface area contributed by atoms with E-state index in [1.165, 1.54) is 17.1 Å². The lowest BCUT2D eigenvalue weighted by atomic mass is 9.99. The average Bonchev–Trinajstić information content (AvgIpc) is 2.97. The maximum Gasteiger partial charge on any atom is 0.327 e. The number of nitrogens with zero attached hydrogens (tertiary/aromatic N) is 1. The highest BCUT2D eigenvalue weighted by Gasteiger charge is 2.52. The van der Waals surface area contributed by atoms with Crippen molar-refractivity contribution in [2.75, 3.05) is 6.54 Å². The molecule has 1 amide bonds. The van der Waals surface area contributed by atoms with Crippen LogP contribution in [0.15, 0.2) is 42.5 Å². The molecular formula is C25H31F2NO4. The molecule has 1 heterocycles. The Morgan fingerprint density at radius 2 is 1.94 bits per heavy atom. The number of carbonyl (C=O) groups is 2. The van der Waals surface area contributed by atoms with Gasteiger partial charge in [0.15, 0.2) is 0 Å². The molecular weight excluding hydrogens is 416 g/mol. The molecule has 0 radical (unpaired) electrons. The smallest absolute Gasteiger partial charge is 0.327 e. The van der Waals surface area contributed by atoms with Crippen molar-refractivity contribution in [1.82, 2.24) is 4.90 Å². The Morgan fingerprint density at radius 3 is 2.62 bits per heavy atom. The zero-order chi connectivity index (χ0) is 23.6. The van der Waals surface area contributed by atoms with Gasteiger partial charge in [-0.05, 0) is 30.9 Å². The fraction of sp³-hybridized carbons (Fsp3) is 0.520. The van der Waals surface area contributed by atoms with Gasteiger partial charge in [0, 0.05) is 31.4 Å². The van der Waals surface area contributed by atoms with Crippen LogP contribution in [-0.2, 0) is 9.59 Å². The van der Waals surface area contributed by atoms with E-state index >= 15 is 0 Å². The summed E-state index contributed by atoms with van der Waals surface area (Å²) in [5, 5.41) is 19.0. The van der Waals surface area contributed by atoms with Crippen molar-refractivity contribution in [3.05, 3.63) is 48.0 Å². The van der Waals surface area contributed by atoms with E-state index in [2.05, 4.69) is 11.8 Å². The number of aliphatic hydroxyl groups excluding tert-OH is 1. The fourth-order valence-electron chi connectivity index (χ4n) is 3.56. The number of hydrogen-bond acceptors (Lipinski definition) is 3. The monoisotopic (exact) mass is 447 g/mol. The third-order valence-electron chi connectivity index (χ3n) is 5.52. The lowest BCUT2D eigenvalue weighted by molar-refractivity contribution is -0.148. The van der Waals surface area contributed by atoms with Gasteiger partial charge in [0.25, 0.3) is 5.91 Å². The molecule has 1 saturated heterocycles. The van der Waals surface area contributed by atoms with Crippen LogP contribution < -0.4 is 0 Å². The number of hydrogen-bond donors (Lipinski definition) is 2. The van der Waals surface area contributed by atoms with Crippen molar-refractivity contribution in [3.8, 4) is 11.8 Å². The predicted octanol–water partition coefficient (Wildman–Crippen LogP) is 4.25. The normalized spacial score (nSPS) is 19.6. The van der Waals surface area contributed by atoms with Crippen LogP contribution in [0.4, 0.5) is 8.78 Å². The molecule has 5 nitrogen and oxygen atoms in total. The molecule has 0 spiro atoms. The summed E-state index contributed by atoms with van der Waals surface area (Å²) < 4.78 is 28.0. The van der Waals surface area contributed by atoms with Crippen LogP contribution in [0.1, 0.15) is 57.4 Å². The van der Waals surface area contributed by atoms with Crippen molar-refractivity contribution in [1.29, 1.82) is 0 Å². The van der Waals surface area contributed by atoms with Gasteiger partial charge in [-0.3, -0.25) is 9.59 Å². The Hall–Kier alpha value is -2.72. The first-order valence-electron chi connectivity index (χ1n) is 11.0. The molecule has 0 aromatic heterocycles. The second kappa shape index (κ2) is 12.4. The van der Waals surface area contributed by atoms with Crippen LogP contribution in [0.3, 0.4) is 0 Å². The molecule has 2 N–H and O–H groups in total. The molecule has 0 bridgehead atoms. The number of amides is 1. The van der Waals surface area contributed by atoms with Crippen LogP contribution in [0.5, 0.6) is 0 Å². The third kappa shape index (κ3) is 8.08. The van der Waals surface area contributed by atoms with Crippen LogP contribution in [0.25, 0.3) is 0 Å². The van der Waals surface area contributed by atoms with Crippen LogP contribution in [0, 0.1) is 17.8 Å². The van der Waals surface area contributed by atoms with Gasteiger partial charge in [-0.1, -0.05) is 62.0 Å². The van der Waals surface area contributed by atoms with Crippen molar-refractivity contribution in [2.24, 2.45) is 5.92 Å². The molecule has 1 aliphatic rings. The van der Waals surface area contributed by atoms with Crippen molar-refractivity contribution in [3.63, 3.8) is 0 Å². The second-order valence-corrected chi connectivity index (χ2v) is 8.26. The largest absolute Gasteiger partial charge is 0.481 e. The summed E-state index contributed by atoms with van der Waals surface area (Å²) in [5.74, 6) is 0.408. The van der Waals surface area contributed by atoms with Crippen LogP contribution in [-0.4, -0.2) is 51.6 Å². The topological polar surface area (TPSA) is 77.8 Å². The lowest BCUT2D eigenvalue weighted by Crippen LogP contribution is -2.36. The maximum atomic E-state index is 14.0. The molecule has 2 rings (SSSR count). The molecule has 1 aromatic carbocycles. The van der Waals surface area contributed by atoms with Gasteiger partial charge in [-0.15, -0.1) is 0 Å². The predicted molar refractivity (Wildman–Crippen MR) is 118 cm³/mol. The molecule has 0 unspecified atom stereocenters. The molecule has 0 saturated carbocycles. The quantitative estimate of drug-likeness (QED) is 0.302. The van der Waals surface area contributed by atoms with Gasteiger partial charge in [-0.25, -0.2) is 0 Å². The van der Waals surface area contributed by atoms with Gasteiger partial charge in [0.05, 0.1) is 12.1 Å². The molecule has 1 fully saturated rings. The highest BCUT2D eigenvalue weighted by Crippen LogP contribution is 2.34. The van der Waals surface area contributed by atoms with E-state index in [4.69, 9.17) is 5.11 Å². The highest BCUT2D eigenvalue weighted by atomic mass is 19.3. The Morgan fingerprint density at radius 1 is 1.25 bits per heavy atom. The zero-order valence-corrected chi connectivity index (χ0v) is 18.3. The van der Waals surface area contributed by atoms with Gasteiger partial charge in [0.1, 0.15) is 0 Å². The van der Waals surface area contributed by atoms with Gasteiger partial charge < -0.3 is 15.1 Å². The zero-order valence-electron chi connectivity index (χ0n) is 18.3. The Balaban J connectivity index is 1.87. The van der Waals surface area contributed by atoms with Gasteiger partial charge in [-0.2, -0.15) is 8.78 Å². The summed E-state index contributed by atoms with van der Waals surface area (Å²) in [6.07, 6.45) is 4.43. The molecule has 7 heteroatoms. The number of carbonyl (C=O) groups excluding carboxylic acids is 1. The molecule has 0 aliphatic carbocycles. The average molecular weight is 448 g/mol. The van der Waals surface area contributed by atoms with E-state index in [9.17, 15) is 23.5 Å². The molecule has 1 aromatic rings. The number of rotatable bonds is 11. The van der Waals surface area contributed by atoms with Gasteiger partial charge >= 0.3 is 11.9 Å². The number of carboxylic acid groups (broad SMARTS) is 1. The number of aliphatic hydroxyl groups is 1. The minimum Gasteiger partial charge on any atom is -0.481 e. The molecule has 174 valence electrons. The fourth-order valence-corrected chi connectivity index (χ4v) is 3.56. The summed E-state index contributed by atoms with van der Waals surface area (Å²) in [6, 6.07) is 8.71. The Labute approximate surface area is 188 Å². The summed E-state index contributed by atoms with van der Waals surface area (Å²) in [7, 11) is 0. The first kappa shape index (κ1) is 25.5. The Kier molecular flexibility index (Phi) is 9.86. The minimum atomic E-state index is -3.41. The van der Waals surface area contributed by atoms with Gasteiger partial charge in [0.2, 0.25) is 0 Å². The van der Waals surface area contributed by atoms with E-state index < -0.39 is 36.4 Å². The van der Waals surface area contributed by atoms with E-state index in [1.54, 1.807) is 0 Å². The van der Waals surface area contributed by atoms with Crippen LogP contribution in [0.2, 0.25) is 0 Å². The highest BCUT2D eigenvalue weighted by molar-refractivity contribution is 5.86. The Bertz CT molecular complexity index is 844. The molecule has 3 atom stereocenters. The number of likely N-dealkylation sites (tertiary alicyclic amines) is 1. The number of halogens is 2. The first-order chi connectivity index (χ1) is 15.2. The van der Waals surface area contributed by atoms with E-state index in [-0.39, 0.29) is 18.9 Å². The minimum absolute atomic E-state index is 0.0812. The summed E-state index contributed by atoms with van der Waals surface area (Å²) in [4.78, 5) is 23.8. The third-order valence-corrected chi connectivity index (χ3v) is 5.52. The van der Waals surface area contributed by atoms with E-state index in [0.29, 0.717) is 32.1 Å². The summed E-state index contributed by atoms with van der Waals surface area (Å²) in [6.45, 7) is 2.02. The van der Waals surface area contributed by atoms with Crippen LogP contribution >= 0.6 is 0 Å². The summed E-state index contributed by atoms with van der Waals surface area (Å²) in [5.41, 5.74) is 0.884. The number of carboxylic acids is 1. The number of alkyl halides is 2. The standard InChI is InChI=1S/C25H31F2NO4/c1-19(10-9-13-20-11-5-4-6-12-20)22(29)16-15-21-18-25(26,27)24(32)28(21)17-8-3-2-7-14-23(30)31/h4-6,11-12,15-16,19,21-22,29H,2-3,7-8,10,14,17-18H2,1H3,(H,30,31)/b16-15+/t19-,21-,22+/m0/s1. The number of benzene rings is 1. The molecule has 32 heavy (non-hydrogen) atoms. The lowest BCUT2D eigenvalue weighted by Gasteiger charge is -2.22. The number of aliphatic carboxylic acids is 1. The van der Waals surface area contributed by atoms with Crippen molar-refractivity contribution >= 4 is 11.9 Å².